The molecule has 2 aliphatic heterocycles. The Balaban J connectivity index is 1.42. The van der Waals surface area contributed by atoms with Gasteiger partial charge >= 0.3 is 4.87 Å². The lowest BCUT2D eigenvalue weighted by Gasteiger charge is -2.26. The molecule has 3 heterocycles. The van der Waals surface area contributed by atoms with Crippen molar-refractivity contribution in [1.29, 1.82) is 0 Å². The second kappa shape index (κ2) is 8.61. The van der Waals surface area contributed by atoms with Crippen LogP contribution in [0.1, 0.15) is 38.2 Å². The first-order valence-corrected chi connectivity index (χ1v) is 13.7. The van der Waals surface area contributed by atoms with Crippen LogP contribution >= 0.6 is 11.3 Å². The minimum absolute atomic E-state index is 0.0711. The topological polar surface area (TPSA) is 79.7 Å². The molecule has 3 aromatic rings. The number of carbonyl (C=O) groups excluding carboxylic acids is 1. The van der Waals surface area contributed by atoms with Crippen molar-refractivity contribution in [3.05, 3.63) is 57.7 Å². The summed E-state index contributed by atoms with van der Waals surface area (Å²) < 4.78 is 30.8. The van der Waals surface area contributed by atoms with Gasteiger partial charge in [-0.05, 0) is 62.4 Å². The van der Waals surface area contributed by atoms with Gasteiger partial charge < -0.3 is 4.90 Å². The fraction of sp³-hybridized carbons (Fsp3) is 0.417. The Morgan fingerprint density at radius 3 is 2.64 bits per heavy atom. The first kappa shape index (κ1) is 22.2. The molecule has 1 atom stereocenters. The van der Waals surface area contributed by atoms with E-state index in [1.807, 2.05) is 36.1 Å². The first-order chi connectivity index (χ1) is 15.9. The number of piperidine rings is 1. The van der Waals surface area contributed by atoms with Gasteiger partial charge in [-0.2, -0.15) is 0 Å². The molecule has 0 bridgehead atoms. The zero-order valence-corrected chi connectivity index (χ0v) is 20.2. The van der Waals surface area contributed by atoms with Crippen LogP contribution in [0, 0.1) is 0 Å². The number of hydrogen-bond donors (Lipinski definition) is 0. The second-order valence-electron chi connectivity index (χ2n) is 8.82. The molecule has 0 N–H and O–H groups in total. The standard InChI is InChI=1S/C24H27N3O4S2/c1-17-15-18-7-3-4-8-20(18)27(17)33(30,31)19-9-10-21-22(16-19)32-24(29)26(21)14-11-23(28)25-12-5-2-6-13-25/h3-4,7-10,16-17H,2,5-6,11-15H2,1H3. The highest BCUT2D eigenvalue weighted by Gasteiger charge is 2.36. The molecular weight excluding hydrogens is 458 g/mol. The molecule has 2 aliphatic rings. The van der Waals surface area contributed by atoms with Gasteiger partial charge in [0, 0.05) is 32.1 Å². The van der Waals surface area contributed by atoms with Crippen molar-refractivity contribution < 1.29 is 13.2 Å². The predicted octanol–water partition coefficient (Wildman–Crippen LogP) is 3.61. The summed E-state index contributed by atoms with van der Waals surface area (Å²) in [5.41, 5.74) is 2.40. The number of likely N-dealkylation sites (tertiary alicyclic amines) is 1. The van der Waals surface area contributed by atoms with Crippen LogP contribution in [0.4, 0.5) is 5.69 Å². The molecule has 9 heteroatoms. The number of nitrogens with zero attached hydrogens (tertiary/aromatic N) is 3. The third-order valence-electron chi connectivity index (χ3n) is 6.60. The Bertz CT molecular complexity index is 1370. The lowest BCUT2D eigenvalue weighted by atomic mass is 10.1. The van der Waals surface area contributed by atoms with E-state index in [-0.39, 0.29) is 28.1 Å². The zero-order valence-electron chi connectivity index (χ0n) is 18.6. The number of anilines is 1. The maximum absolute atomic E-state index is 13.5. The maximum Gasteiger partial charge on any atom is 0.308 e. The third-order valence-corrected chi connectivity index (χ3v) is 9.47. The maximum atomic E-state index is 13.5. The van der Waals surface area contributed by atoms with Crippen LogP contribution in [-0.4, -0.2) is 42.9 Å². The van der Waals surface area contributed by atoms with E-state index in [1.54, 1.807) is 22.8 Å². The molecule has 1 aromatic heterocycles. The lowest BCUT2D eigenvalue weighted by Crippen LogP contribution is -2.36. The van der Waals surface area contributed by atoms with Crippen molar-refractivity contribution >= 4 is 43.2 Å². The number of rotatable bonds is 5. The fourth-order valence-electron chi connectivity index (χ4n) is 4.94. The van der Waals surface area contributed by atoms with Gasteiger partial charge in [-0.1, -0.05) is 29.5 Å². The smallest absolute Gasteiger partial charge is 0.308 e. The van der Waals surface area contributed by atoms with E-state index in [1.165, 1.54) is 4.31 Å². The van der Waals surface area contributed by atoms with Crippen LogP contribution in [0.15, 0.2) is 52.2 Å². The largest absolute Gasteiger partial charge is 0.343 e. The summed E-state index contributed by atoms with van der Waals surface area (Å²) in [6.07, 6.45) is 4.17. The Labute approximate surface area is 197 Å². The number of thiazole rings is 1. The molecule has 1 unspecified atom stereocenters. The minimum atomic E-state index is -3.77. The Morgan fingerprint density at radius 1 is 1.09 bits per heavy atom. The summed E-state index contributed by atoms with van der Waals surface area (Å²) in [6, 6.07) is 12.2. The Hall–Kier alpha value is -2.65. The molecule has 0 spiro atoms. The highest BCUT2D eigenvalue weighted by molar-refractivity contribution is 7.93. The van der Waals surface area contributed by atoms with Crippen molar-refractivity contribution in [2.24, 2.45) is 0 Å². The number of para-hydroxylation sites is 1. The highest BCUT2D eigenvalue weighted by atomic mass is 32.2. The first-order valence-electron chi connectivity index (χ1n) is 11.4. The van der Waals surface area contributed by atoms with Crippen molar-refractivity contribution in [3.63, 3.8) is 0 Å². The van der Waals surface area contributed by atoms with Crippen LogP contribution in [0.2, 0.25) is 0 Å². The van der Waals surface area contributed by atoms with Crippen LogP contribution < -0.4 is 9.18 Å². The molecule has 174 valence electrons. The van der Waals surface area contributed by atoms with Crippen LogP contribution in [0.25, 0.3) is 10.2 Å². The lowest BCUT2D eigenvalue weighted by molar-refractivity contribution is -0.132. The molecule has 1 amide bonds. The zero-order chi connectivity index (χ0) is 23.2. The van der Waals surface area contributed by atoms with Crippen LogP contribution in [0.3, 0.4) is 0 Å². The van der Waals surface area contributed by atoms with E-state index >= 15 is 0 Å². The number of aromatic nitrogens is 1. The van der Waals surface area contributed by atoms with Crippen molar-refractivity contribution in [1.82, 2.24) is 9.47 Å². The highest BCUT2D eigenvalue weighted by Crippen LogP contribution is 2.37. The second-order valence-corrected chi connectivity index (χ2v) is 11.6. The molecule has 7 nitrogen and oxygen atoms in total. The van der Waals surface area contributed by atoms with E-state index in [0.29, 0.717) is 28.9 Å². The Kier molecular flexibility index (Phi) is 5.78. The van der Waals surface area contributed by atoms with Gasteiger partial charge in [0.25, 0.3) is 10.0 Å². The third kappa shape index (κ3) is 3.97. The van der Waals surface area contributed by atoms with E-state index in [2.05, 4.69) is 0 Å². The molecule has 0 radical (unpaired) electrons. The number of benzene rings is 2. The molecule has 2 aromatic carbocycles. The van der Waals surface area contributed by atoms with Crippen molar-refractivity contribution in [2.75, 3.05) is 17.4 Å². The number of aryl methyl sites for hydroxylation is 1. The molecular formula is C24H27N3O4S2. The van der Waals surface area contributed by atoms with E-state index in [9.17, 15) is 18.0 Å². The number of fused-ring (bicyclic) bond motifs is 2. The van der Waals surface area contributed by atoms with Gasteiger partial charge in [0.05, 0.1) is 20.8 Å². The number of carbonyl (C=O) groups is 1. The van der Waals surface area contributed by atoms with E-state index < -0.39 is 10.0 Å². The van der Waals surface area contributed by atoms with Crippen LogP contribution in [-0.2, 0) is 27.8 Å². The van der Waals surface area contributed by atoms with E-state index in [4.69, 9.17) is 0 Å². The molecule has 1 saturated heterocycles. The summed E-state index contributed by atoms with van der Waals surface area (Å²) in [4.78, 5) is 27.1. The van der Waals surface area contributed by atoms with E-state index in [0.717, 1.165) is 49.3 Å². The van der Waals surface area contributed by atoms with Crippen LogP contribution in [0.5, 0.6) is 0 Å². The predicted molar refractivity (Wildman–Crippen MR) is 130 cm³/mol. The summed E-state index contributed by atoms with van der Waals surface area (Å²) in [5.74, 6) is 0.0711. The van der Waals surface area contributed by atoms with Gasteiger partial charge in [0.2, 0.25) is 5.91 Å². The Morgan fingerprint density at radius 2 is 1.85 bits per heavy atom. The minimum Gasteiger partial charge on any atom is -0.343 e. The summed E-state index contributed by atoms with van der Waals surface area (Å²) >= 11 is 1.02. The van der Waals surface area contributed by atoms with Crippen molar-refractivity contribution in [2.45, 2.75) is 56.5 Å². The van der Waals surface area contributed by atoms with Gasteiger partial charge in [-0.15, -0.1) is 0 Å². The summed E-state index contributed by atoms with van der Waals surface area (Å²) in [7, 11) is -3.77. The van der Waals surface area contributed by atoms with Gasteiger partial charge in [-0.3, -0.25) is 18.5 Å². The molecule has 1 fully saturated rings. The fourth-order valence-corrected chi connectivity index (χ4v) is 7.70. The van der Waals surface area contributed by atoms with Gasteiger partial charge in [0.1, 0.15) is 0 Å². The molecule has 33 heavy (non-hydrogen) atoms. The number of sulfonamides is 1. The average Bonchev–Trinajstić information content (AvgIpc) is 3.32. The molecule has 0 aliphatic carbocycles. The monoisotopic (exact) mass is 485 g/mol. The summed E-state index contributed by atoms with van der Waals surface area (Å²) in [6.45, 7) is 3.79. The number of amides is 1. The molecule has 0 saturated carbocycles. The summed E-state index contributed by atoms with van der Waals surface area (Å²) in [5, 5.41) is 0. The number of hydrogen-bond acceptors (Lipinski definition) is 5. The SMILES string of the molecule is CC1Cc2ccccc2N1S(=O)(=O)c1ccc2c(c1)sc(=O)n2CCC(=O)N1CCCCC1. The quantitative estimate of drug-likeness (QED) is 0.553. The van der Waals surface area contributed by atoms with Gasteiger partial charge in [0.15, 0.2) is 0 Å². The van der Waals surface area contributed by atoms with Crippen molar-refractivity contribution in [3.8, 4) is 0 Å². The average molecular weight is 486 g/mol. The molecule has 5 rings (SSSR count). The normalized spacial score (nSPS) is 18.6. The van der Waals surface area contributed by atoms with Gasteiger partial charge in [-0.25, -0.2) is 8.42 Å².